The van der Waals surface area contributed by atoms with E-state index in [4.69, 9.17) is 4.74 Å². The third-order valence-corrected chi connectivity index (χ3v) is 3.23. The molecule has 1 unspecified atom stereocenters. The van der Waals surface area contributed by atoms with Gasteiger partial charge in [-0.15, -0.1) is 0 Å². The van der Waals surface area contributed by atoms with Gasteiger partial charge >= 0.3 is 0 Å². The molecular weight excluding hydrogens is 226 g/mol. The standard InChI is InChI=1S/C15H23NO2/c1-15(2,3)13(10-14(17)16-4)11-6-8-12(18-5)9-7-11/h6-9,13H,10H2,1-5H3,(H,16,17). The van der Waals surface area contributed by atoms with E-state index < -0.39 is 0 Å². The van der Waals surface area contributed by atoms with Gasteiger partial charge in [0, 0.05) is 13.5 Å². The van der Waals surface area contributed by atoms with Gasteiger partial charge in [-0.2, -0.15) is 0 Å². The highest BCUT2D eigenvalue weighted by molar-refractivity contribution is 5.76. The minimum Gasteiger partial charge on any atom is -0.497 e. The molecule has 1 amide bonds. The molecule has 1 rings (SSSR count). The molecule has 0 aliphatic heterocycles. The van der Waals surface area contributed by atoms with E-state index in [-0.39, 0.29) is 17.2 Å². The summed E-state index contributed by atoms with van der Waals surface area (Å²) in [6, 6.07) is 7.96. The summed E-state index contributed by atoms with van der Waals surface area (Å²) >= 11 is 0. The Hall–Kier alpha value is -1.51. The lowest BCUT2D eigenvalue weighted by Crippen LogP contribution is -2.27. The van der Waals surface area contributed by atoms with Crippen LogP contribution in [0.3, 0.4) is 0 Å². The largest absolute Gasteiger partial charge is 0.497 e. The summed E-state index contributed by atoms with van der Waals surface area (Å²) in [5.74, 6) is 1.11. The van der Waals surface area contributed by atoms with E-state index in [1.165, 1.54) is 5.56 Å². The summed E-state index contributed by atoms with van der Waals surface area (Å²) in [5.41, 5.74) is 1.22. The first-order valence-electron chi connectivity index (χ1n) is 6.23. The third kappa shape index (κ3) is 3.76. The molecule has 0 saturated heterocycles. The van der Waals surface area contributed by atoms with Crippen LogP contribution >= 0.6 is 0 Å². The summed E-state index contributed by atoms with van der Waals surface area (Å²) in [6.45, 7) is 6.47. The third-order valence-electron chi connectivity index (χ3n) is 3.23. The predicted octanol–water partition coefficient (Wildman–Crippen LogP) is 2.96. The Morgan fingerprint density at radius 2 is 1.83 bits per heavy atom. The SMILES string of the molecule is CNC(=O)CC(c1ccc(OC)cc1)C(C)(C)C. The van der Waals surface area contributed by atoms with Crippen molar-refractivity contribution in [3.05, 3.63) is 29.8 Å². The Kier molecular flexibility index (Phi) is 4.76. The lowest BCUT2D eigenvalue weighted by Gasteiger charge is -2.30. The van der Waals surface area contributed by atoms with E-state index in [9.17, 15) is 4.79 Å². The molecule has 1 aromatic rings. The molecule has 3 nitrogen and oxygen atoms in total. The van der Waals surface area contributed by atoms with Crippen LogP contribution in [0, 0.1) is 5.41 Å². The Morgan fingerprint density at radius 1 is 1.28 bits per heavy atom. The van der Waals surface area contributed by atoms with Crippen LogP contribution in [0.5, 0.6) is 5.75 Å². The maximum Gasteiger partial charge on any atom is 0.220 e. The van der Waals surface area contributed by atoms with Crippen molar-refractivity contribution in [3.8, 4) is 5.75 Å². The van der Waals surface area contributed by atoms with Gasteiger partial charge in [-0.1, -0.05) is 32.9 Å². The summed E-state index contributed by atoms with van der Waals surface area (Å²) in [4.78, 5) is 11.6. The quantitative estimate of drug-likeness (QED) is 0.891. The average Bonchev–Trinajstić information content (AvgIpc) is 2.34. The van der Waals surface area contributed by atoms with E-state index in [1.54, 1.807) is 14.2 Å². The number of ether oxygens (including phenoxy) is 1. The van der Waals surface area contributed by atoms with E-state index in [1.807, 2.05) is 24.3 Å². The van der Waals surface area contributed by atoms with Crippen molar-refractivity contribution in [1.29, 1.82) is 0 Å². The summed E-state index contributed by atoms with van der Waals surface area (Å²) in [5, 5.41) is 2.70. The number of hydrogen-bond acceptors (Lipinski definition) is 2. The number of benzene rings is 1. The summed E-state index contributed by atoms with van der Waals surface area (Å²) < 4.78 is 5.16. The fraction of sp³-hybridized carbons (Fsp3) is 0.533. The van der Waals surface area contributed by atoms with Crippen molar-refractivity contribution < 1.29 is 9.53 Å². The van der Waals surface area contributed by atoms with Crippen LogP contribution in [0.1, 0.15) is 38.7 Å². The molecule has 1 aromatic carbocycles. The number of carbonyl (C=O) groups excluding carboxylic acids is 1. The smallest absolute Gasteiger partial charge is 0.220 e. The zero-order chi connectivity index (χ0) is 13.8. The van der Waals surface area contributed by atoms with Gasteiger partial charge in [0.2, 0.25) is 5.91 Å². The summed E-state index contributed by atoms with van der Waals surface area (Å²) in [6.07, 6.45) is 0.506. The van der Waals surface area contributed by atoms with Crippen LogP contribution in [-0.4, -0.2) is 20.1 Å². The molecule has 0 aliphatic carbocycles. The zero-order valence-electron chi connectivity index (χ0n) is 11.9. The van der Waals surface area contributed by atoms with E-state index in [2.05, 4.69) is 26.1 Å². The molecule has 0 spiro atoms. The van der Waals surface area contributed by atoms with E-state index >= 15 is 0 Å². The molecule has 1 N–H and O–H groups in total. The Bertz CT molecular complexity index is 390. The molecule has 18 heavy (non-hydrogen) atoms. The molecule has 0 aliphatic rings. The van der Waals surface area contributed by atoms with Crippen LogP contribution in [0.2, 0.25) is 0 Å². The number of methoxy groups -OCH3 is 1. The first kappa shape index (κ1) is 14.6. The van der Waals surface area contributed by atoms with Gasteiger partial charge < -0.3 is 10.1 Å². The fourth-order valence-corrected chi connectivity index (χ4v) is 2.05. The van der Waals surface area contributed by atoms with Gasteiger partial charge in [0.15, 0.2) is 0 Å². The van der Waals surface area contributed by atoms with Crippen molar-refractivity contribution >= 4 is 5.91 Å². The minimum absolute atomic E-state index is 0.0428. The van der Waals surface area contributed by atoms with Crippen molar-refractivity contribution in [3.63, 3.8) is 0 Å². The van der Waals surface area contributed by atoms with Crippen LogP contribution < -0.4 is 10.1 Å². The molecule has 0 bridgehead atoms. The van der Waals surface area contributed by atoms with Crippen molar-refractivity contribution in [1.82, 2.24) is 5.32 Å². The number of carbonyl (C=O) groups is 1. The van der Waals surface area contributed by atoms with Gasteiger partial charge in [0.1, 0.15) is 5.75 Å². The molecule has 0 fully saturated rings. The van der Waals surface area contributed by atoms with Crippen LogP contribution in [-0.2, 0) is 4.79 Å². The number of amides is 1. The topological polar surface area (TPSA) is 38.3 Å². The van der Waals surface area contributed by atoms with Gasteiger partial charge in [0.25, 0.3) is 0 Å². The molecule has 0 heterocycles. The lowest BCUT2D eigenvalue weighted by molar-refractivity contribution is -0.121. The Labute approximate surface area is 110 Å². The lowest BCUT2D eigenvalue weighted by atomic mass is 9.74. The second-order valence-electron chi connectivity index (χ2n) is 5.57. The summed E-state index contributed by atoms with van der Waals surface area (Å²) in [7, 11) is 3.33. The zero-order valence-corrected chi connectivity index (χ0v) is 11.9. The van der Waals surface area contributed by atoms with Crippen LogP contribution in [0.4, 0.5) is 0 Å². The van der Waals surface area contributed by atoms with Gasteiger partial charge in [-0.3, -0.25) is 4.79 Å². The number of rotatable bonds is 4. The van der Waals surface area contributed by atoms with Crippen molar-refractivity contribution in [2.75, 3.05) is 14.2 Å². The predicted molar refractivity (Wildman–Crippen MR) is 73.9 cm³/mol. The number of nitrogens with one attached hydrogen (secondary N) is 1. The molecule has 1 atom stereocenters. The molecule has 0 saturated carbocycles. The molecule has 0 radical (unpaired) electrons. The van der Waals surface area contributed by atoms with Gasteiger partial charge in [-0.25, -0.2) is 0 Å². The van der Waals surface area contributed by atoms with Crippen molar-refractivity contribution in [2.24, 2.45) is 5.41 Å². The highest BCUT2D eigenvalue weighted by Gasteiger charge is 2.28. The van der Waals surface area contributed by atoms with E-state index in [0.717, 1.165) is 5.75 Å². The molecule has 3 heteroatoms. The Morgan fingerprint density at radius 3 is 2.22 bits per heavy atom. The first-order chi connectivity index (χ1) is 8.38. The monoisotopic (exact) mass is 249 g/mol. The van der Waals surface area contributed by atoms with Gasteiger partial charge in [-0.05, 0) is 29.0 Å². The number of hydrogen-bond donors (Lipinski definition) is 1. The minimum atomic E-state index is 0.0428. The first-order valence-corrected chi connectivity index (χ1v) is 6.23. The second-order valence-corrected chi connectivity index (χ2v) is 5.57. The highest BCUT2D eigenvalue weighted by Crippen LogP contribution is 2.38. The fourth-order valence-electron chi connectivity index (χ4n) is 2.05. The second kappa shape index (κ2) is 5.89. The van der Waals surface area contributed by atoms with Gasteiger partial charge in [0.05, 0.1) is 7.11 Å². The normalized spacial score (nSPS) is 12.9. The Balaban J connectivity index is 2.98. The average molecular weight is 249 g/mol. The molecule has 100 valence electrons. The van der Waals surface area contributed by atoms with Crippen LogP contribution in [0.15, 0.2) is 24.3 Å². The maximum atomic E-state index is 11.6. The van der Waals surface area contributed by atoms with Crippen molar-refractivity contribution in [2.45, 2.75) is 33.1 Å². The molecular formula is C15H23NO2. The van der Waals surface area contributed by atoms with E-state index in [0.29, 0.717) is 6.42 Å². The highest BCUT2D eigenvalue weighted by atomic mass is 16.5. The maximum absolute atomic E-state index is 11.6. The molecule has 0 aromatic heterocycles. The van der Waals surface area contributed by atoms with Crippen LogP contribution in [0.25, 0.3) is 0 Å².